The number of carbonyl (C=O) groups excluding carboxylic acids is 1. The van der Waals surface area contributed by atoms with Crippen LogP contribution in [0.1, 0.15) is 39.0 Å². The average molecular weight is 304 g/mol. The summed E-state index contributed by atoms with van der Waals surface area (Å²) in [6.45, 7) is 3.55. The van der Waals surface area contributed by atoms with E-state index in [1.807, 2.05) is 0 Å². The van der Waals surface area contributed by atoms with E-state index < -0.39 is 16.0 Å². The third kappa shape index (κ3) is 3.71. The Kier molecular flexibility index (Phi) is 5.40. The van der Waals surface area contributed by atoms with E-state index in [9.17, 15) is 13.2 Å². The van der Waals surface area contributed by atoms with Crippen molar-refractivity contribution in [2.75, 3.05) is 25.4 Å². The predicted molar refractivity (Wildman–Crippen MR) is 75.8 cm³/mol. The van der Waals surface area contributed by atoms with Gasteiger partial charge in [0.15, 0.2) is 0 Å². The molecule has 0 aromatic carbocycles. The van der Waals surface area contributed by atoms with Crippen LogP contribution in [0, 0.1) is 0 Å². The summed E-state index contributed by atoms with van der Waals surface area (Å²) in [4.78, 5) is 11.3. The molecule has 0 spiro atoms. The van der Waals surface area contributed by atoms with E-state index >= 15 is 0 Å². The lowest BCUT2D eigenvalue weighted by molar-refractivity contribution is -0.142. The molecule has 0 saturated carbocycles. The average Bonchev–Trinajstić information content (AvgIpc) is 3.07. The molecule has 2 aliphatic heterocycles. The van der Waals surface area contributed by atoms with Gasteiger partial charge in [0.2, 0.25) is 10.0 Å². The van der Waals surface area contributed by atoms with Crippen LogP contribution in [0.4, 0.5) is 0 Å². The zero-order valence-electron chi connectivity index (χ0n) is 12.0. The summed E-state index contributed by atoms with van der Waals surface area (Å²) in [6, 6.07) is 0.333. The molecule has 116 valence electrons. The van der Waals surface area contributed by atoms with Gasteiger partial charge in [0.25, 0.3) is 0 Å². The first-order valence-corrected chi connectivity index (χ1v) is 9.04. The maximum Gasteiger partial charge on any atom is 0.306 e. The van der Waals surface area contributed by atoms with Gasteiger partial charge >= 0.3 is 5.97 Å². The molecule has 6 nitrogen and oxygen atoms in total. The topological polar surface area (TPSA) is 75.7 Å². The molecular formula is C13H24N2O4S. The van der Waals surface area contributed by atoms with Crippen LogP contribution in [0.3, 0.4) is 0 Å². The highest BCUT2D eigenvalue weighted by Crippen LogP contribution is 2.27. The van der Waals surface area contributed by atoms with Gasteiger partial charge in [-0.05, 0) is 39.2 Å². The number of hydrogen-bond acceptors (Lipinski definition) is 5. The molecule has 2 heterocycles. The lowest BCUT2D eigenvalue weighted by atomic mass is 10.1. The first-order chi connectivity index (χ1) is 9.54. The van der Waals surface area contributed by atoms with E-state index in [1.54, 1.807) is 11.2 Å². The molecule has 7 heteroatoms. The fourth-order valence-electron chi connectivity index (χ4n) is 3.12. The van der Waals surface area contributed by atoms with E-state index in [0.717, 1.165) is 32.2 Å². The van der Waals surface area contributed by atoms with Crippen LogP contribution in [-0.4, -0.2) is 56.2 Å². The molecule has 0 aromatic heterocycles. The molecule has 0 aromatic rings. The van der Waals surface area contributed by atoms with Crippen molar-refractivity contribution in [3.05, 3.63) is 0 Å². The number of nitrogens with zero attached hydrogens (tertiary/aromatic N) is 1. The molecule has 0 bridgehead atoms. The summed E-state index contributed by atoms with van der Waals surface area (Å²) in [7, 11) is -3.37. The second-order valence-electron chi connectivity index (χ2n) is 5.39. The monoisotopic (exact) mass is 304 g/mol. The van der Waals surface area contributed by atoms with Gasteiger partial charge in [-0.3, -0.25) is 4.79 Å². The number of carbonyl (C=O) groups is 1. The summed E-state index contributed by atoms with van der Waals surface area (Å²) in [6.07, 6.45) is 3.90. The number of hydrogen-bond donors (Lipinski definition) is 1. The minimum Gasteiger partial charge on any atom is -0.466 e. The Balaban J connectivity index is 1.95. The molecule has 2 fully saturated rings. The zero-order valence-corrected chi connectivity index (χ0v) is 12.8. The van der Waals surface area contributed by atoms with E-state index in [1.165, 1.54) is 0 Å². The smallest absolute Gasteiger partial charge is 0.306 e. The van der Waals surface area contributed by atoms with Crippen LogP contribution in [0.15, 0.2) is 0 Å². The molecule has 0 amide bonds. The summed E-state index contributed by atoms with van der Waals surface area (Å²) in [5.41, 5.74) is 0. The van der Waals surface area contributed by atoms with Crippen molar-refractivity contribution < 1.29 is 17.9 Å². The number of nitrogens with one attached hydrogen (secondary N) is 1. The molecular weight excluding hydrogens is 280 g/mol. The second kappa shape index (κ2) is 6.87. The van der Waals surface area contributed by atoms with Gasteiger partial charge in [0.1, 0.15) is 0 Å². The summed E-state index contributed by atoms with van der Waals surface area (Å²) >= 11 is 0. The van der Waals surface area contributed by atoms with Crippen molar-refractivity contribution in [3.8, 4) is 0 Å². The van der Waals surface area contributed by atoms with Crippen LogP contribution < -0.4 is 5.32 Å². The van der Waals surface area contributed by atoms with Crippen molar-refractivity contribution in [1.82, 2.24) is 9.62 Å². The van der Waals surface area contributed by atoms with E-state index in [2.05, 4.69) is 5.32 Å². The highest BCUT2D eigenvalue weighted by molar-refractivity contribution is 7.89. The van der Waals surface area contributed by atoms with E-state index in [-0.39, 0.29) is 30.9 Å². The maximum absolute atomic E-state index is 12.4. The largest absolute Gasteiger partial charge is 0.466 e. The van der Waals surface area contributed by atoms with Crippen molar-refractivity contribution in [2.24, 2.45) is 0 Å². The van der Waals surface area contributed by atoms with Gasteiger partial charge in [-0.2, -0.15) is 4.31 Å². The molecule has 2 unspecified atom stereocenters. The Bertz CT molecular complexity index is 432. The Morgan fingerprint density at radius 2 is 2.15 bits per heavy atom. The standard InChI is InChI=1S/C13H24N2O4S/c1-2-19-13(16)7-10-20(17,18)15-9-4-6-12(15)11-5-3-8-14-11/h11-12,14H,2-10H2,1H3. The van der Waals surface area contributed by atoms with Gasteiger partial charge in [-0.1, -0.05) is 0 Å². The van der Waals surface area contributed by atoms with Gasteiger partial charge < -0.3 is 10.1 Å². The maximum atomic E-state index is 12.4. The number of sulfonamides is 1. The minimum atomic E-state index is -3.37. The highest BCUT2D eigenvalue weighted by atomic mass is 32.2. The second-order valence-corrected chi connectivity index (χ2v) is 7.44. The molecule has 2 saturated heterocycles. The fraction of sp³-hybridized carbons (Fsp3) is 0.923. The van der Waals surface area contributed by atoms with Crippen LogP contribution >= 0.6 is 0 Å². The quantitative estimate of drug-likeness (QED) is 0.723. The van der Waals surface area contributed by atoms with E-state index in [0.29, 0.717) is 6.54 Å². The third-order valence-electron chi connectivity index (χ3n) is 4.04. The Morgan fingerprint density at radius 1 is 1.35 bits per heavy atom. The van der Waals surface area contributed by atoms with Crippen molar-refractivity contribution in [2.45, 2.75) is 51.1 Å². The Morgan fingerprint density at radius 3 is 2.80 bits per heavy atom. The van der Waals surface area contributed by atoms with Crippen molar-refractivity contribution >= 4 is 16.0 Å². The summed E-state index contributed by atoms with van der Waals surface area (Å²) in [5.74, 6) is -0.583. The summed E-state index contributed by atoms with van der Waals surface area (Å²) < 4.78 is 31.2. The van der Waals surface area contributed by atoms with Gasteiger partial charge in [0.05, 0.1) is 18.8 Å². The first kappa shape index (κ1) is 15.7. The molecule has 2 atom stereocenters. The lowest BCUT2D eigenvalue weighted by Gasteiger charge is -2.28. The lowest BCUT2D eigenvalue weighted by Crippen LogP contribution is -2.47. The number of rotatable bonds is 6. The molecule has 0 aliphatic carbocycles. The summed E-state index contributed by atoms with van der Waals surface area (Å²) in [5, 5.41) is 3.39. The van der Waals surface area contributed by atoms with Gasteiger partial charge in [-0.25, -0.2) is 8.42 Å². The molecule has 20 heavy (non-hydrogen) atoms. The third-order valence-corrected chi connectivity index (χ3v) is 5.93. The number of esters is 1. The van der Waals surface area contributed by atoms with Gasteiger partial charge in [0, 0.05) is 18.6 Å². The molecule has 2 rings (SSSR count). The first-order valence-electron chi connectivity index (χ1n) is 7.43. The van der Waals surface area contributed by atoms with Crippen LogP contribution in [0.2, 0.25) is 0 Å². The normalized spacial score (nSPS) is 27.9. The number of ether oxygens (including phenoxy) is 1. The highest BCUT2D eigenvalue weighted by Gasteiger charge is 2.39. The molecule has 1 N–H and O–H groups in total. The Hall–Kier alpha value is -0.660. The SMILES string of the molecule is CCOC(=O)CCS(=O)(=O)N1CCCC1C1CCCN1. The fourth-order valence-corrected chi connectivity index (χ4v) is 4.85. The van der Waals surface area contributed by atoms with Crippen molar-refractivity contribution in [3.63, 3.8) is 0 Å². The van der Waals surface area contributed by atoms with Gasteiger partial charge in [-0.15, -0.1) is 0 Å². The van der Waals surface area contributed by atoms with Crippen LogP contribution in [0.5, 0.6) is 0 Å². The molecule has 2 aliphatic rings. The predicted octanol–water partition coefficient (Wildman–Crippen LogP) is 0.486. The van der Waals surface area contributed by atoms with E-state index in [4.69, 9.17) is 4.74 Å². The molecule has 0 radical (unpaired) electrons. The van der Waals surface area contributed by atoms with Crippen molar-refractivity contribution in [1.29, 1.82) is 0 Å². The van der Waals surface area contributed by atoms with Crippen LogP contribution in [-0.2, 0) is 19.6 Å². The zero-order chi connectivity index (χ0) is 14.6. The minimum absolute atomic E-state index is 0.0580. The Labute approximate surface area is 120 Å². The van der Waals surface area contributed by atoms with Crippen LogP contribution in [0.25, 0.3) is 0 Å².